The van der Waals surface area contributed by atoms with Gasteiger partial charge in [0.05, 0.1) is 18.6 Å². The third kappa shape index (κ3) is 2.76. The van der Waals surface area contributed by atoms with E-state index in [9.17, 15) is 13.6 Å². The number of hydrogen-bond donors (Lipinski definition) is 0. The Morgan fingerprint density at radius 1 is 1.50 bits per heavy atom. The van der Waals surface area contributed by atoms with Gasteiger partial charge in [-0.1, -0.05) is 0 Å². The maximum atomic E-state index is 13.1. The van der Waals surface area contributed by atoms with E-state index < -0.39 is 17.6 Å². The molecule has 0 aliphatic rings. The second kappa shape index (κ2) is 5.21. The molecule has 0 unspecified atom stereocenters. The lowest BCUT2D eigenvalue weighted by molar-refractivity contribution is -0.142. The Bertz CT molecular complexity index is 452. The predicted octanol–water partition coefficient (Wildman–Crippen LogP) is 1.94. The van der Waals surface area contributed by atoms with E-state index in [0.717, 1.165) is 6.07 Å². The molecule has 0 saturated carbocycles. The van der Waals surface area contributed by atoms with Crippen molar-refractivity contribution in [1.82, 2.24) is 0 Å². The SMILES string of the molecule is CCOC(=O)Cc1cc(F)cc(F)c1C#N. The molecule has 0 aliphatic heterocycles. The maximum Gasteiger partial charge on any atom is 0.310 e. The molecule has 0 aromatic heterocycles. The minimum atomic E-state index is -0.971. The first-order valence-electron chi connectivity index (χ1n) is 4.62. The predicted molar refractivity (Wildman–Crippen MR) is 51.4 cm³/mol. The second-order valence-corrected chi connectivity index (χ2v) is 3.02. The number of halogens is 2. The lowest BCUT2D eigenvalue weighted by atomic mass is 10.0. The number of hydrogen-bond acceptors (Lipinski definition) is 3. The largest absolute Gasteiger partial charge is 0.466 e. The Hall–Kier alpha value is -1.96. The first-order chi connectivity index (χ1) is 7.58. The zero-order valence-corrected chi connectivity index (χ0v) is 8.59. The topological polar surface area (TPSA) is 50.1 Å². The molecule has 0 N–H and O–H groups in total. The molecule has 5 heteroatoms. The summed E-state index contributed by atoms with van der Waals surface area (Å²) in [4.78, 5) is 11.1. The van der Waals surface area contributed by atoms with Gasteiger partial charge in [0.25, 0.3) is 0 Å². The molecule has 0 saturated heterocycles. The number of nitriles is 1. The van der Waals surface area contributed by atoms with Gasteiger partial charge in [0.15, 0.2) is 0 Å². The van der Waals surface area contributed by atoms with Crippen molar-refractivity contribution in [3.05, 3.63) is 34.9 Å². The molecule has 0 amide bonds. The quantitative estimate of drug-likeness (QED) is 0.738. The number of benzene rings is 1. The summed E-state index contributed by atoms with van der Waals surface area (Å²) in [5.41, 5.74) is -0.326. The minimum absolute atomic E-state index is 0.00144. The van der Waals surface area contributed by atoms with Crippen LogP contribution < -0.4 is 0 Å². The van der Waals surface area contributed by atoms with Gasteiger partial charge in [0.2, 0.25) is 0 Å². The Morgan fingerprint density at radius 2 is 2.19 bits per heavy atom. The van der Waals surface area contributed by atoms with Gasteiger partial charge in [-0.3, -0.25) is 4.79 Å². The smallest absolute Gasteiger partial charge is 0.310 e. The maximum absolute atomic E-state index is 13.1. The van der Waals surface area contributed by atoms with E-state index in [2.05, 4.69) is 4.74 Å². The van der Waals surface area contributed by atoms with Gasteiger partial charge >= 0.3 is 5.97 Å². The van der Waals surface area contributed by atoms with Gasteiger partial charge in [-0.25, -0.2) is 8.78 Å². The number of ether oxygens (including phenoxy) is 1. The molecule has 3 nitrogen and oxygen atoms in total. The molecule has 1 aromatic carbocycles. The number of rotatable bonds is 3. The average Bonchev–Trinajstić information content (AvgIpc) is 2.17. The van der Waals surface area contributed by atoms with Crippen molar-refractivity contribution < 1.29 is 18.3 Å². The monoisotopic (exact) mass is 225 g/mol. The highest BCUT2D eigenvalue weighted by Crippen LogP contribution is 2.16. The van der Waals surface area contributed by atoms with Gasteiger partial charge in [-0.05, 0) is 18.6 Å². The summed E-state index contributed by atoms with van der Waals surface area (Å²) in [6, 6.07) is 3.15. The van der Waals surface area contributed by atoms with Crippen LogP contribution in [0, 0.1) is 23.0 Å². The highest BCUT2D eigenvalue weighted by Gasteiger charge is 2.14. The molecule has 0 heterocycles. The first kappa shape index (κ1) is 12.1. The second-order valence-electron chi connectivity index (χ2n) is 3.02. The van der Waals surface area contributed by atoms with Crippen molar-refractivity contribution in [3.8, 4) is 6.07 Å². The van der Waals surface area contributed by atoms with E-state index in [4.69, 9.17) is 5.26 Å². The Labute approximate surface area is 91.3 Å². The molecule has 0 atom stereocenters. The minimum Gasteiger partial charge on any atom is -0.466 e. The Kier molecular flexibility index (Phi) is 3.95. The van der Waals surface area contributed by atoms with Gasteiger partial charge in [-0.2, -0.15) is 5.26 Å². The molecule has 0 spiro atoms. The van der Waals surface area contributed by atoms with Crippen molar-refractivity contribution in [2.45, 2.75) is 13.3 Å². The van der Waals surface area contributed by atoms with Gasteiger partial charge < -0.3 is 4.74 Å². The molecule has 84 valence electrons. The summed E-state index contributed by atoms with van der Waals surface area (Å²) < 4.78 is 30.6. The summed E-state index contributed by atoms with van der Waals surface area (Å²) >= 11 is 0. The summed E-state index contributed by atoms with van der Waals surface area (Å²) in [7, 11) is 0. The lowest BCUT2D eigenvalue weighted by Crippen LogP contribution is -2.09. The number of nitrogens with zero attached hydrogens (tertiary/aromatic N) is 1. The fourth-order valence-electron chi connectivity index (χ4n) is 1.26. The van der Waals surface area contributed by atoms with Crippen LogP contribution in [0.4, 0.5) is 8.78 Å². The van der Waals surface area contributed by atoms with E-state index in [1.54, 1.807) is 13.0 Å². The third-order valence-corrected chi connectivity index (χ3v) is 1.89. The molecule has 1 rings (SSSR count). The van der Waals surface area contributed by atoms with E-state index in [1.165, 1.54) is 0 Å². The summed E-state index contributed by atoms with van der Waals surface area (Å²) in [5, 5.41) is 8.67. The van der Waals surface area contributed by atoms with Crippen LogP contribution in [0.15, 0.2) is 12.1 Å². The Morgan fingerprint density at radius 3 is 2.75 bits per heavy atom. The number of esters is 1. The van der Waals surface area contributed by atoms with Crippen LogP contribution in [0.2, 0.25) is 0 Å². The van der Waals surface area contributed by atoms with E-state index >= 15 is 0 Å². The molecule has 0 aliphatic carbocycles. The van der Waals surface area contributed by atoms with Gasteiger partial charge in [0, 0.05) is 6.07 Å². The summed E-state index contributed by atoms with van der Waals surface area (Å²) in [5.74, 6) is -2.42. The zero-order valence-electron chi connectivity index (χ0n) is 8.59. The highest BCUT2D eigenvalue weighted by atomic mass is 19.1. The highest BCUT2D eigenvalue weighted by molar-refractivity contribution is 5.73. The van der Waals surface area contributed by atoms with Crippen molar-refractivity contribution in [2.24, 2.45) is 0 Å². The van der Waals surface area contributed by atoms with E-state index in [0.29, 0.717) is 6.07 Å². The summed E-state index contributed by atoms with van der Waals surface area (Å²) in [6.07, 6.45) is -0.314. The van der Waals surface area contributed by atoms with Crippen LogP contribution in [0.1, 0.15) is 18.1 Å². The van der Waals surface area contributed by atoms with Crippen LogP contribution >= 0.6 is 0 Å². The van der Waals surface area contributed by atoms with Crippen molar-refractivity contribution in [3.63, 3.8) is 0 Å². The van der Waals surface area contributed by atoms with E-state index in [1.807, 2.05) is 0 Å². The molecule has 0 radical (unpaired) electrons. The standard InChI is InChI=1S/C11H9F2NO2/c1-2-16-11(15)4-7-3-8(12)5-10(13)9(7)6-14/h3,5H,2,4H2,1H3. The van der Waals surface area contributed by atoms with Crippen molar-refractivity contribution in [2.75, 3.05) is 6.61 Å². The van der Waals surface area contributed by atoms with Crippen LogP contribution in [0.25, 0.3) is 0 Å². The van der Waals surface area contributed by atoms with Gasteiger partial charge in [0.1, 0.15) is 17.7 Å². The van der Waals surface area contributed by atoms with Crippen molar-refractivity contribution in [1.29, 1.82) is 5.26 Å². The molecule has 1 aromatic rings. The fourth-order valence-corrected chi connectivity index (χ4v) is 1.26. The van der Waals surface area contributed by atoms with Crippen molar-refractivity contribution >= 4 is 5.97 Å². The molecular formula is C11H9F2NO2. The fraction of sp³-hybridized carbons (Fsp3) is 0.273. The normalized spacial score (nSPS) is 9.62. The number of carbonyl (C=O) groups is 1. The number of carbonyl (C=O) groups excluding carboxylic acids is 1. The van der Waals surface area contributed by atoms with Crippen LogP contribution in [0.5, 0.6) is 0 Å². The molecular weight excluding hydrogens is 216 g/mol. The van der Waals surface area contributed by atoms with Crippen LogP contribution in [-0.2, 0) is 16.0 Å². The third-order valence-electron chi connectivity index (χ3n) is 1.89. The first-order valence-corrected chi connectivity index (χ1v) is 4.62. The average molecular weight is 225 g/mol. The Balaban J connectivity index is 3.04. The lowest BCUT2D eigenvalue weighted by Gasteiger charge is -2.05. The molecule has 16 heavy (non-hydrogen) atoms. The summed E-state index contributed by atoms with van der Waals surface area (Å²) in [6.45, 7) is 1.80. The van der Waals surface area contributed by atoms with E-state index in [-0.39, 0.29) is 24.2 Å². The molecule has 0 fully saturated rings. The zero-order chi connectivity index (χ0) is 12.1. The molecule has 0 bridgehead atoms. The van der Waals surface area contributed by atoms with Crippen LogP contribution in [-0.4, -0.2) is 12.6 Å². The van der Waals surface area contributed by atoms with Crippen LogP contribution in [0.3, 0.4) is 0 Å². The van der Waals surface area contributed by atoms with Gasteiger partial charge in [-0.15, -0.1) is 0 Å².